The molecule has 0 aromatic heterocycles. The topological polar surface area (TPSA) is 168 Å². The van der Waals surface area contributed by atoms with Gasteiger partial charge in [0.05, 0.1) is 54.2 Å². The van der Waals surface area contributed by atoms with Crippen LogP contribution in [0.3, 0.4) is 0 Å². The highest BCUT2D eigenvalue weighted by Crippen LogP contribution is 2.26. The molecule has 7 aromatic rings. The SMILES string of the molecule is CCCCCCCCCCCCOc1ccc(OC(=O)c2ccc(C(=O)Oc3cccc(OC(=O)c4ccc(OC(=O)c5ccc(OCCCCCCOc6ccc(OC(=O)c7ccc(OCCCCCCCCCCCC)cc7)cc6)cc5)cc4)c3)cc2)cc1. The zero-order chi connectivity index (χ0) is 63.9. The Hall–Kier alpha value is -8.91. The maximum atomic E-state index is 13.1. The molecular weight excluding hydrogens is 1150 g/mol. The Labute approximate surface area is 537 Å². The van der Waals surface area contributed by atoms with Gasteiger partial charge in [0.2, 0.25) is 0 Å². The maximum Gasteiger partial charge on any atom is 0.343 e. The lowest BCUT2D eigenvalue weighted by Crippen LogP contribution is -2.12. The van der Waals surface area contributed by atoms with E-state index >= 15 is 0 Å². The first-order valence-electron chi connectivity index (χ1n) is 32.9. The largest absolute Gasteiger partial charge is 0.494 e. The van der Waals surface area contributed by atoms with E-state index in [0.29, 0.717) is 66.3 Å². The summed E-state index contributed by atoms with van der Waals surface area (Å²) in [5, 5.41) is 0. The van der Waals surface area contributed by atoms with Gasteiger partial charge >= 0.3 is 29.8 Å². The van der Waals surface area contributed by atoms with Crippen molar-refractivity contribution in [3.63, 3.8) is 0 Å². The number of hydrogen-bond donors (Lipinski definition) is 0. The average Bonchev–Trinajstić information content (AvgIpc) is 2.76. The molecule has 0 aliphatic heterocycles. The Morgan fingerprint density at radius 2 is 0.407 bits per heavy atom. The summed E-state index contributed by atoms with van der Waals surface area (Å²) in [5.74, 6) is 1.11. The van der Waals surface area contributed by atoms with Crippen LogP contribution in [0.5, 0.6) is 51.7 Å². The molecule has 0 saturated heterocycles. The van der Waals surface area contributed by atoms with E-state index in [-0.39, 0.29) is 33.9 Å². The van der Waals surface area contributed by atoms with Gasteiger partial charge in [0, 0.05) is 6.07 Å². The molecule has 482 valence electrons. The second-order valence-electron chi connectivity index (χ2n) is 22.7. The van der Waals surface area contributed by atoms with Crippen molar-refractivity contribution >= 4 is 29.8 Å². The molecule has 0 bridgehead atoms. The molecule has 0 radical (unpaired) electrons. The first-order valence-corrected chi connectivity index (χ1v) is 32.9. The molecule has 0 heterocycles. The number of rotatable bonds is 43. The minimum absolute atomic E-state index is 0.132. The zero-order valence-electron chi connectivity index (χ0n) is 53.2. The van der Waals surface area contributed by atoms with Gasteiger partial charge in [-0.25, -0.2) is 24.0 Å². The highest BCUT2D eigenvalue weighted by Gasteiger charge is 2.17. The van der Waals surface area contributed by atoms with Crippen molar-refractivity contribution in [2.45, 2.75) is 168 Å². The molecule has 14 nitrogen and oxygen atoms in total. The van der Waals surface area contributed by atoms with Crippen LogP contribution in [0.25, 0.3) is 0 Å². The summed E-state index contributed by atoms with van der Waals surface area (Å²) in [6.45, 7) is 6.87. The fourth-order valence-electron chi connectivity index (χ4n) is 9.91. The summed E-state index contributed by atoms with van der Waals surface area (Å²) in [5.41, 5.74) is 1.40. The molecule has 0 aliphatic rings. The van der Waals surface area contributed by atoms with Crippen molar-refractivity contribution in [2.24, 2.45) is 0 Å². The first kappa shape index (κ1) is 69.6. The molecule has 0 amide bonds. The van der Waals surface area contributed by atoms with E-state index in [1.165, 1.54) is 164 Å². The van der Waals surface area contributed by atoms with E-state index in [1.54, 1.807) is 103 Å². The monoisotopic (exact) mass is 1240 g/mol. The highest BCUT2D eigenvalue weighted by atomic mass is 16.6. The van der Waals surface area contributed by atoms with Crippen LogP contribution in [0.4, 0.5) is 0 Å². The molecule has 0 spiro atoms. The van der Waals surface area contributed by atoms with E-state index in [2.05, 4.69) is 13.8 Å². The summed E-state index contributed by atoms with van der Waals surface area (Å²) in [4.78, 5) is 64.8. The molecule has 14 heteroatoms. The molecule has 0 aliphatic carbocycles. The van der Waals surface area contributed by atoms with Gasteiger partial charge in [0.15, 0.2) is 0 Å². The van der Waals surface area contributed by atoms with Gasteiger partial charge in [-0.3, -0.25) is 0 Å². The standard InChI is InChI=1S/C77H90O14/c1-3-5-7-9-11-13-15-17-19-23-54-83-64-42-36-62(37-43-64)75(80)89-70-52-48-67(49-53-70)86-57-26-22-21-25-56-84-65-40-34-61(35-41-65)74(79)87-68-44-38-63(39-45-68)77(82)91-72-29-27-28-71(58-72)90-76(81)60-32-30-59(31-33-60)73(78)88-69-50-46-66(47-51-69)85-55-24-20-18-16-14-12-10-8-6-4-2/h27-53,58H,3-26,54-57H2,1-2H3. The van der Waals surface area contributed by atoms with Crippen molar-refractivity contribution in [3.8, 4) is 51.7 Å². The van der Waals surface area contributed by atoms with Crippen LogP contribution in [-0.4, -0.2) is 56.3 Å². The third kappa shape index (κ3) is 26.6. The third-order valence-electron chi connectivity index (χ3n) is 15.2. The Morgan fingerprint density at radius 3 is 0.659 bits per heavy atom. The Kier molecular flexibility index (Phi) is 31.1. The van der Waals surface area contributed by atoms with Crippen molar-refractivity contribution in [1.82, 2.24) is 0 Å². The van der Waals surface area contributed by atoms with Crippen LogP contribution in [0.15, 0.2) is 170 Å². The molecule has 0 saturated carbocycles. The van der Waals surface area contributed by atoms with Crippen LogP contribution < -0.4 is 42.6 Å². The van der Waals surface area contributed by atoms with Crippen molar-refractivity contribution in [2.75, 3.05) is 26.4 Å². The molecule has 0 atom stereocenters. The van der Waals surface area contributed by atoms with E-state index in [4.69, 9.17) is 42.6 Å². The molecule has 7 rings (SSSR count). The number of benzene rings is 7. The number of carbonyl (C=O) groups is 5. The minimum Gasteiger partial charge on any atom is -0.494 e. The van der Waals surface area contributed by atoms with Crippen molar-refractivity contribution in [3.05, 3.63) is 198 Å². The van der Waals surface area contributed by atoms with Crippen LogP contribution in [0.2, 0.25) is 0 Å². The van der Waals surface area contributed by atoms with Crippen LogP contribution in [0.1, 0.15) is 220 Å². The molecule has 0 N–H and O–H groups in total. The second kappa shape index (κ2) is 40.7. The van der Waals surface area contributed by atoms with Crippen molar-refractivity contribution < 1.29 is 66.6 Å². The van der Waals surface area contributed by atoms with Gasteiger partial charge < -0.3 is 42.6 Å². The zero-order valence-corrected chi connectivity index (χ0v) is 53.2. The van der Waals surface area contributed by atoms with Crippen molar-refractivity contribution in [1.29, 1.82) is 0 Å². The summed E-state index contributed by atoms with van der Waals surface area (Å²) < 4.78 is 51.4. The Balaban J connectivity index is 0.710. The van der Waals surface area contributed by atoms with Gasteiger partial charge in [-0.15, -0.1) is 0 Å². The molecule has 91 heavy (non-hydrogen) atoms. The molecular formula is C77H90O14. The number of hydrogen-bond acceptors (Lipinski definition) is 14. The van der Waals surface area contributed by atoms with Gasteiger partial charge in [-0.1, -0.05) is 135 Å². The predicted octanol–water partition coefficient (Wildman–Crippen LogP) is 19.4. The Bertz CT molecular complexity index is 3230. The fraction of sp³-hybridized carbons (Fsp3) is 0.390. The second-order valence-corrected chi connectivity index (χ2v) is 22.7. The van der Waals surface area contributed by atoms with E-state index in [9.17, 15) is 24.0 Å². The van der Waals surface area contributed by atoms with Gasteiger partial charge in [-0.2, -0.15) is 0 Å². The summed E-state index contributed by atoms with van der Waals surface area (Å²) >= 11 is 0. The molecule has 0 fully saturated rings. The normalized spacial score (nSPS) is 10.9. The lowest BCUT2D eigenvalue weighted by molar-refractivity contribution is 0.0715. The Morgan fingerprint density at radius 1 is 0.220 bits per heavy atom. The third-order valence-corrected chi connectivity index (χ3v) is 15.2. The van der Waals surface area contributed by atoms with Gasteiger partial charge in [0.1, 0.15) is 51.7 Å². The number of carbonyl (C=O) groups excluding carboxylic acids is 5. The minimum atomic E-state index is -0.685. The van der Waals surface area contributed by atoms with E-state index in [0.717, 1.165) is 50.7 Å². The number of unbranched alkanes of at least 4 members (excludes halogenated alkanes) is 21. The average molecular weight is 1240 g/mol. The summed E-state index contributed by atoms with van der Waals surface area (Å²) in [7, 11) is 0. The smallest absolute Gasteiger partial charge is 0.343 e. The number of ether oxygens (including phenoxy) is 9. The maximum absolute atomic E-state index is 13.1. The van der Waals surface area contributed by atoms with Crippen LogP contribution >= 0.6 is 0 Å². The number of esters is 5. The summed E-state index contributed by atoms with van der Waals surface area (Å²) in [6, 6.07) is 45.6. The lowest BCUT2D eigenvalue weighted by Gasteiger charge is -2.10. The van der Waals surface area contributed by atoms with Crippen LogP contribution in [0, 0.1) is 0 Å². The van der Waals surface area contributed by atoms with Crippen LogP contribution in [-0.2, 0) is 0 Å². The van der Waals surface area contributed by atoms with Gasteiger partial charge in [-0.05, 0) is 196 Å². The quantitative estimate of drug-likeness (QED) is 0.0201. The lowest BCUT2D eigenvalue weighted by atomic mass is 10.1. The highest BCUT2D eigenvalue weighted by molar-refractivity contribution is 5.95. The van der Waals surface area contributed by atoms with Gasteiger partial charge in [0.25, 0.3) is 0 Å². The fourth-order valence-corrected chi connectivity index (χ4v) is 9.91. The molecule has 0 unspecified atom stereocenters. The predicted molar refractivity (Wildman–Crippen MR) is 354 cm³/mol. The summed E-state index contributed by atoms with van der Waals surface area (Å²) in [6.07, 6.45) is 29.0. The van der Waals surface area contributed by atoms with E-state index in [1.807, 2.05) is 12.1 Å². The van der Waals surface area contributed by atoms with E-state index < -0.39 is 29.8 Å². The molecule has 7 aromatic carbocycles. The first-order chi connectivity index (χ1) is 44.6.